The van der Waals surface area contributed by atoms with Crippen LogP contribution in [0, 0.1) is 12.8 Å². The number of hydrogen-bond acceptors (Lipinski definition) is 4. The molecule has 2 aromatic rings. The normalized spacial score (nSPS) is 16.3. The van der Waals surface area contributed by atoms with Crippen molar-refractivity contribution >= 4 is 23.6 Å². The van der Waals surface area contributed by atoms with Gasteiger partial charge in [-0.05, 0) is 24.5 Å². The van der Waals surface area contributed by atoms with Gasteiger partial charge >= 0.3 is 0 Å². The largest absolute Gasteiger partial charge is 0.379 e. The third-order valence-electron chi connectivity index (χ3n) is 5.11. The number of halogens is 1. The smallest absolute Gasteiger partial charge is 0.244 e. The summed E-state index contributed by atoms with van der Waals surface area (Å²) in [5.41, 5.74) is 2.69. The lowest BCUT2D eigenvalue weighted by atomic mass is 10.1. The van der Waals surface area contributed by atoms with Crippen LogP contribution in [0.3, 0.4) is 0 Å². The predicted molar refractivity (Wildman–Crippen MR) is 120 cm³/mol. The van der Waals surface area contributed by atoms with E-state index < -0.39 is 0 Å². The second-order valence-electron chi connectivity index (χ2n) is 8.08. The van der Waals surface area contributed by atoms with Crippen LogP contribution < -0.4 is 5.32 Å². The summed E-state index contributed by atoms with van der Waals surface area (Å²) in [5, 5.41) is 8.22. The number of nitrogens with zero attached hydrogens (tertiary/aromatic N) is 3. The standard InChI is InChI=1S/C23H31ClN4O2/c1-17(2)15-28-23(24)20(18(3)26-28)9-10-22(29)25-21(19-7-5-4-6-8-19)16-27-11-13-30-14-12-27/h4-10,17,21H,11-16H2,1-3H3,(H,25,29)/b10-9+. The van der Waals surface area contributed by atoms with Gasteiger partial charge in [0.2, 0.25) is 5.91 Å². The first kappa shape index (κ1) is 22.5. The van der Waals surface area contributed by atoms with Crippen molar-refractivity contribution in [1.82, 2.24) is 20.0 Å². The summed E-state index contributed by atoms with van der Waals surface area (Å²) in [7, 11) is 0. The summed E-state index contributed by atoms with van der Waals surface area (Å²) in [6.45, 7) is 10.8. The number of hydrogen-bond donors (Lipinski definition) is 1. The van der Waals surface area contributed by atoms with Crippen molar-refractivity contribution in [3.05, 3.63) is 58.4 Å². The molecule has 0 spiro atoms. The summed E-state index contributed by atoms with van der Waals surface area (Å²) in [4.78, 5) is 15.1. The number of morpholine rings is 1. The van der Waals surface area contributed by atoms with Crippen LogP contribution in [0.2, 0.25) is 5.15 Å². The van der Waals surface area contributed by atoms with Gasteiger partial charge in [-0.1, -0.05) is 55.8 Å². The second-order valence-corrected chi connectivity index (χ2v) is 8.44. The molecule has 1 atom stereocenters. The van der Waals surface area contributed by atoms with Crippen LogP contribution in [0.4, 0.5) is 0 Å². The number of carbonyl (C=O) groups excluding carboxylic acids is 1. The fourth-order valence-corrected chi connectivity index (χ4v) is 3.87. The van der Waals surface area contributed by atoms with Crippen molar-refractivity contribution in [2.75, 3.05) is 32.8 Å². The lowest BCUT2D eigenvalue weighted by Gasteiger charge is -2.31. The molecule has 1 fully saturated rings. The van der Waals surface area contributed by atoms with Crippen molar-refractivity contribution in [2.45, 2.75) is 33.4 Å². The Kier molecular flexibility index (Phi) is 8.08. The van der Waals surface area contributed by atoms with Crippen LogP contribution in [-0.2, 0) is 16.1 Å². The molecular weight excluding hydrogens is 400 g/mol. The summed E-state index contributed by atoms with van der Waals surface area (Å²) >= 11 is 6.49. The van der Waals surface area contributed by atoms with Gasteiger partial charge in [-0.25, -0.2) is 0 Å². The highest BCUT2D eigenvalue weighted by molar-refractivity contribution is 6.31. The highest BCUT2D eigenvalue weighted by Gasteiger charge is 2.19. The van der Waals surface area contributed by atoms with Gasteiger partial charge in [-0.3, -0.25) is 14.4 Å². The SMILES string of the molecule is Cc1nn(CC(C)C)c(Cl)c1/C=C/C(=O)NC(CN1CCOCC1)c1ccccc1. The molecule has 1 aliphatic rings. The molecule has 0 radical (unpaired) electrons. The van der Waals surface area contributed by atoms with Gasteiger partial charge in [-0.15, -0.1) is 0 Å². The second kappa shape index (κ2) is 10.8. The highest BCUT2D eigenvalue weighted by atomic mass is 35.5. The molecule has 2 heterocycles. The number of aryl methyl sites for hydroxylation is 1. The zero-order chi connectivity index (χ0) is 21.5. The first-order valence-electron chi connectivity index (χ1n) is 10.5. The molecule has 1 unspecified atom stereocenters. The number of carbonyl (C=O) groups is 1. The fraction of sp³-hybridized carbons (Fsp3) is 0.478. The van der Waals surface area contributed by atoms with Gasteiger partial charge in [0.1, 0.15) is 5.15 Å². The predicted octanol–water partition coefficient (Wildman–Crippen LogP) is 3.70. The first-order chi connectivity index (χ1) is 14.4. The van der Waals surface area contributed by atoms with E-state index in [1.54, 1.807) is 16.8 Å². The van der Waals surface area contributed by atoms with Crippen molar-refractivity contribution in [3.8, 4) is 0 Å². The quantitative estimate of drug-likeness (QED) is 0.648. The van der Waals surface area contributed by atoms with Crippen LogP contribution in [-0.4, -0.2) is 53.4 Å². The third kappa shape index (κ3) is 6.17. The molecule has 0 saturated carbocycles. The van der Waals surface area contributed by atoms with E-state index in [-0.39, 0.29) is 11.9 Å². The van der Waals surface area contributed by atoms with E-state index in [4.69, 9.17) is 16.3 Å². The summed E-state index contributed by atoms with van der Waals surface area (Å²) in [6.07, 6.45) is 3.30. The molecule has 1 aromatic heterocycles. The molecule has 3 rings (SSSR count). The number of benzene rings is 1. The van der Waals surface area contributed by atoms with Gasteiger partial charge in [0.25, 0.3) is 0 Å². The maximum absolute atomic E-state index is 12.7. The Hall–Kier alpha value is -2.15. The molecule has 6 nitrogen and oxygen atoms in total. The zero-order valence-corrected chi connectivity index (χ0v) is 18.7. The number of nitrogens with one attached hydrogen (secondary N) is 1. The zero-order valence-electron chi connectivity index (χ0n) is 18.0. The van der Waals surface area contributed by atoms with Gasteiger partial charge < -0.3 is 10.1 Å². The minimum absolute atomic E-state index is 0.0957. The molecule has 1 amide bonds. The van der Waals surface area contributed by atoms with Crippen LogP contribution >= 0.6 is 11.6 Å². The Bertz CT molecular complexity index is 858. The van der Waals surface area contributed by atoms with Crippen molar-refractivity contribution in [2.24, 2.45) is 5.92 Å². The van der Waals surface area contributed by atoms with Crippen LogP contribution in [0.5, 0.6) is 0 Å². The molecule has 1 N–H and O–H groups in total. The minimum Gasteiger partial charge on any atom is -0.379 e. The van der Waals surface area contributed by atoms with Gasteiger partial charge in [-0.2, -0.15) is 5.10 Å². The fourth-order valence-electron chi connectivity index (χ4n) is 3.56. The van der Waals surface area contributed by atoms with Gasteiger partial charge in [0.05, 0.1) is 24.9 Å². The molecule has 1 saturated heterocycles. The van der Waals surface area contributed by atoms with E-state index in [2.05, 4.69) is 29.2 Å². The number of aromatic nitrogens is 2. The average Bonchev–Trinajstić information content (AvgIpc) is 2.99. The van der Waals surface area contributed by atoms with Crippen molar-refractivity contribution in [3.63, 3.8) is 0 Å². The number of amides is 1. The molecule has 0 aliphatic carbocycles. The van der Waals surface area contributed by atoms with Gasteiger partial charge in [0.15, 0.2) is 0 Å². The monoisotopic (exact) mass is 430 g/mol. The van der Waals surface area contributed by atoms with E-state index in [1.165, 1.54) is 0 Å². The van der Waals surface area contributed by atoms with Crippen LogP contribution in [0.1, 0.15) is 36.7 Å². The summed E-state index contributed by atoms with van der Waals surface area (Å²) in [6, 6.07) is 9.97. The molecule has 1 aromatic carbocycles. The maximum Gasteiger partial charge on any atom is 0.244 e. The summed E-state index contributed by atoms with van der Waals surface area (Å²) in [5.74, 6) is 0.290. The molecule has 30 heavy (non-hydrogen) atoms. The first-order valence-corrected chi connectivity index (χ1v) is 10.9. The van der Waals surface area contributed by atoms with Crippen LogP contribution in [0.25, 0.3) is 6.08 Å². The number of rotatable bonds is 8. The molecular formula is C23H31ClN4O2. The number of ether oxygens (including phenoxy) is 1. The summed E-state index contributed by atoms with van der Waals surface area (Å²) < 4.78 is 7.24. The Balaban J connectivity index is 1.70. The topological polar surface area (TPSA) is 59.4 Å². The lowest BCUT2D eigenvalue weighted by molar-refractivity contribution is -0.117. The average molecular weight is 431 g/mol. The Morgan fingerprint density at radius 1 is 1.23 bits per heavy atom. The Labute approximate surface area is 183 Å². The molecule has 162 valence electrons. The Morgan fingerprint density at radius 3 is 2.60 bits per heavy atom. The van der Waals surface area contributed by atoms with E-state index >= 15 is 0 Å². The van der Waals surface area contributed by atoms with E-state index in [0.29, 0.717) is 11.1 Å². The van der Waals surface area contributed by atoms with Gasteiger partial charge in [0, 0.05) is 37.8 Å². The van der Waals surface area contributed by atoms with E-state index in [9.17, 15) is 4.79 Å². The van der Waals surface area contributed by atoms with E-state index in [0.717, 1.165) is 56.2 Å². The van der Waals surface area contributed by atoms with Crippen molar-refractivity contribution in [1.29, 1.82) is 0 Å². The molecule has 1 aliphatic heterocycles. The minimum atomic E-state index is -0.149. The van der Waals surface area contributed by atoms with E-state index in [1.807, 2.05) is 37.3 Å². The van der Waals surface area contributed by atoms with Crippen molar-refractivity contribution < 1.29 is 9.53 Å². The maximum atomic E-state index is 12.7. The Morgan fingerprint density at radius 2 is 1.93 bits per heavy atom. The van der Waals surface area contributed by atoms with Crippen LogP contribution in [0.15, 0.2) is 36.4 Å². The molecule has 0 bridgehead atoms. The third-order valence-corrected chi connectivity index (χ3v) is 5.51. The molecule has 7 heteroatoms. The lowest BCUT2D eigenvalue weighted by Crippen LogP contribution is -2.42. The highest BCUT2D eigenvalue weighted by Crippen LogP contribution is 2.22.